The Kier molecular flexibility index (Phi) is 6.72. The number of amides is 1. The third-order valence-corrected chi connectivity index (χ3v) is 4.67. The molecule has 2 rings (SSSR count). The molecule has 0 radical (unpaired) electrons. The van der Waals surface area contributed by atoms with Crippen molar-refractivity contribution in [2.45, 2.75) is 102 Å². The van der Waals surface area contributed by atoms with E-state index in [4.69, 9.17) is 9.47 Å². The Morgan fingerprint density at radius 3 is 2.35 bits per heavy atom. The zero-order chi connectivity index (χ0) is 16.9. The van der Waals surface area contributed by atoms with E-state index in [0.29, 0.717) is 18.2 Å². The number of alkyl carbamates (subject to hydrolysis) is 1. The second-order valence-corrected chi connectivity index (χ2v) is 7.91. The van der Waals surface area contributed by atoms with Crippen molar-refractivity contribution in [1.29, 1.82) is 0 Å². The molecule has 5 nitrogen and oxygen atoms in total. The molecule has 134 valence electrons. The number of nitrogens with one attached hydrogen (secondary N) is 2. The first-order chi connectivity index (χ1) is 10.9. The third kappa shape index (κ3) is 6.30. The van der Waals surface area contributed by atoms with Crippen LogP contribution in [-0.2, 0) is 9.47 Å². The number of carbonyl (C=O) groups excluding carboxylic acids is 1. The normalized spacial score (nSPS) is 31.8. The lowest BCUT2D eigenvalue weighted by Gasteiger charge is -2.40. The van der Waals surface area contributed by atoms with Gasteiger partial charge < -0.3 is 20.1 Å². The fourth-order valence-corrected chi connectivity index (χ4v) is 3.52. The lowest BCUT2D eigenvalue weighted by molar-refractivity contribution is -0.0140. The zero-order valence-corrected chi connectivity index (χ0v) is 15.2. The fourth-order valence-electron chi connectivity index (χ4n) is 3.52. The summed E-state index contributed by atoms with van der Waals surface area (Å²) in [6.07, 6.45) is 8.09. The van der Waals surface area contributed by atoms with Crippen LogP contribution in [0.25, 0.3) is 0 Å². The summed E-state index contributed by atoms with van der Waals surface area (Å²) in [5.41, 5.74) is -0.448. The molecule has 0 bridgehead atoms. The predicted molar refractivity (Wildman–Crippen MR) is 91.6 cm³/mol. The van der Waals surface area contributed by atoms with Crippen molar-refractivity contribution in [3.8, 4) is 0 Å². The predicted octanol–water partition coefficient (Wildman–Crippen LogP) is 3.37. The van der Waals surface area contributed by atoms with E-state index in [9.17, 15) is 4.79 Å². The van der Waals surface area contributed by atoms with Gasteiger partial charge in [-0.2, -0.15) is 0 Å². The highest BCUT2D eigenvalue weighted by Gasteiger charge is 2.34. The van der Waals surface area contributed by atoms with Crippen LogP contribution in [0.15, 0.2) is 0 Å². The van der Waals surface area contributed by atoms with Gasteiger partial charge in [-0.1, -0.05) is 19.3 Å². The molecule has 0 spiro atoms. The molecular formula is C18H34N2O3. The summed E-state index contributed by atoms with van der Waals surface area (Å²) < 4.78 is 11.1. The standard InChI is InChI=1S/C18H34N2O3/c1-5-22-14-11-13(12-14)19-15-9-7-6-8-10-16(15)20-17(21)23-18(2,3)4/h13-16,19H,5-12H2,1-4H3,(H,20,21). The summed E-state index contributed by atoms with van der Waals surface area (Å²) in [7, 11) is 0. The average molecular weight is 326 g/mol. The van der Waals surface area contributed by atoms with Crippen molar-refractivity contribution >= 4 is 6.09 Å². The van der Waals surface area contributed by atoms with Crippen LogP contribution < -0.4 is 10.6 Å². The van der Waals surface area contributed by atoms with Gasteiger partial charge in [0, 0.05) is 24.7 Å². The number of rotatable bonds is 5. The van der Waals surface area contributed by atoms with Gasteiger partial charge in [0.1, 0.15) is 5.60 Å². The van der Waals surface area contributed by atoms with Crippen molar-refractivity contribution < 1.29 is 14.3 Å². The Labute approximate surface area is 140 Å². The Morgan fingerprint density at radius 2 is 1.74 bits per heavy atom. The van der Waals surface area contributed by atoms with E-state index < -0.39 is 5.60 Å². The second kappa shape index (κ2) is 8.34. The number of hydrogen-bond donors (Lipinski definition) is 2. The van der Waals surface area contributed by atoms with Gasteiger partial charge in [0.25, 0.3) is 0 Å². The quantitative estimate of drug-likeness (QED) is 0.761. The fraction of sp³-hybridized carbons (Fsp3) is 0.944. The highest BCUT2D eigenvalue weighted by atomic mass is 16.6. The molecular weight excluding hydrogens is 292 g/mol. The van der Waals surface area contributed by atoms with Gasteiger partial charge in [-0.15, -0.1) is 0 Å². The maximum atomic E-state index is 12.1. The first kappa shape index (κ1) is 18.5. The van der Waals surface area contributed by atoms with E-state index in [1.54, 1.807) is 0 Å². The van der Waals surface area contributed by atoms with Gasteiger partial charge in [0.05, 0.1) is 6.10 Å². The Hall–Kier alpha value is -0.810. The van der Waals surface area contributed by atoms with Crippen LogP contribution in [0.3, 0.4) is 0 Å². The van der Waals surface area contributed by atoms with Gasteiger partial charge in [-0.05, 0) is 53.4 Å². The monoisotopic (exact) mass is 326 g/mol. The van der Waals surface area contributed by atoms with Crippen molar-refractivity contribution in [1.82, 2.24) is 10.6 Å². The highest BCUT2D eigenvalue weighted by Crippen LogP contribution is 2.26. The summed E-state index contributed by atoms with van der Waals surface area (Å²) in [5, 5.41) is 6.85. The summed E-state index contributed by atoms with van der Waals surface area (Å²) in [5.74, 6) is 0. The highest BCUT2D eigenvalue weighted by molar-refractivity contribution is 5.68. The molecule has 2 atom stereocenters. The summed E-state index contributed by atoms with van der Waals surface area (Å²) in [6.45, 7) is 8.55. The van der Waals surface area contributed by atoms with Crippen LogP contribution in [-0.4, -0.2) is 42.5 Å². The molecule has 23 heavy (non-hydrogen) atoms. The molecule has 0 aliphatic heterocycles. The molecule has 0 heterocycles. The largest absolute Gasteiger partial charge is 0.444 e. The van der Waals surface area contributed by atoms with Gasteiger partial charge in [0.15, 0.2) is 0 Å². The molecule has 2 N–H and O–H groups in total. The molecule has 5 heteroatoms. The topological polar surface area (TPSA) is 59.6 Å². The SMILES string of the molecule is CCOC1CC(NC2CCCCCC2NC(=O)OC(C)(C)C)C1. The number of ether oxygens (including phenoxy) is 2. The molecule has 0 aromatic rings. The van der Waals surface area contributed by atoms with E-state index in [0.717, 1.165) is 32.3 Å². The van der Waals surface area contributed by atoms with Crippen LogP contribution >= 0.6 is 0 Å². The van der Waals surface area contributed by atoms with Crippen LogP contribution in [0.4, 0.5) is 4.79 Å². The lowest BCUT2D eigenvalue weighted by Crippen LogP contribution is -2.56. The Morgan fingerprint density at radius 1 is 1.09 bits per heavy atom. The first-order valence-corrected chi connectivity index (χ1v) is 9.24. The van der Waals surface area contributed by atoms with Crippen molar-refractivity contribution in [3.05, 3.63) is 0 Å². The van der Waals surface area contributed by atoms with Crippen LogP contribution in [0.2, 0.25) is 0 Å². The van der Waals surface area contributed by atoms with E-state index >= 15 is 0 Å². The van der Waals surface area contributed by atoms with E-state index in [1.165, 1.54) is 19.3 Å². The molecule has 2 aliphatic rings. The first-order valence-electron chi connectivity index (χ1n) is 9.24. The molecule has 2 aliphatic carbocycles. The van der Waals surface area contributed by atoms with Gasteiger partial charge in [0.2, 0.25) is 0 Å². The van der Waals surface area contributed by atoms with Crippen LogP contribution in [0.1, 0.15) is 72.6 Å². The average Bonchev–Trinajstić information content (AvgIpc) is 2.60. The van der Waals surface area contributed by atoms with E-state index in [-0.39, 0.29) is 12.1 Å². The molecule has 2 saturated carbocycles. The molecule has 2 fully saturated rings. The van der Waals surface area contributed by atoms with Crippen LogP contribution in [0, 0.1) is 0 Å². The van der Waals surface area contributed by atoms with E-state index in [1.807, 2.05) is 27.7 Å². The van der Waals surface area contributed by atoms with Crippen molar-refractivity contribution in [2.24, 2.45) is 0 Å². The molecule has 2 unspecified atom stereocenters. The summed E-state index contributed by atoms with van der Waals surface area (Å²) >= 11 is 0. The maximum Gasteiger partial charge on any atom is 0.407 e. The summed E-state index contributed by atoms with van der Waals surface area (Å²) in [4.78, 5) is 12.1. The third-order valence-electron chi connectivity index (χ3n) is 4.67. The lowest BCUT2D eigenvalue weighted by atomic mass is 9.87. The zero-order valence-electron chi connectivity index (χ0n) is 15.2. The van der Waals surface area contributed by atoms with Gasteiger partial charge >= 0.3 is 6.09 Å². The molecule has 0 saturated heterocycles. The number of carbonyl (C=O) groups is 1. The minimum atomic E-state index is -0.448. The second-order valence-electron chi connectivity index (χ2n) is 7.91. The van der Waals surface area contributed by atoms with Crippen molar-refractivity contribution in [3.63, 3.8) is 0 Å². The Bertz CT molecular complexity index is 375. The minimum absolute atomic E-state index is 0.165. The molecule has 0 aromatic carbocycles. The Balaban J connectivity index is 1.83. The smallest absolute Gasteiger partial charge is 0.407 e. The van der Waals surface area contributed by atoms with Crippen LogP contribution in [0.5, 0.6) is 0 Å². The van der Waals surface area contributed by atoms with Crippen molar-refractivity contribution in [2.75, 3.05) is 6.61 Å². The number of hydrogen-bond acceptors (Lipinski definition) is 4. The molecule has 0 aromatic heterocycles. The van der Waals surface area contributed by atoms with Gasteiger partial charge in [-0.3, -0.25) is 0 Å². The van der Waals surface area contributed by atoms with E-state index in [2.05, 4.69) is 10.6 Å². The summed E-state index contributed by atoms with van der Waals surface area (Å²) in [6, 6.07) is 1.04. The molecule has 1 amide bonds. The minimum Gasteiger partial charge on any atom is -0.444 e. The van der Waals surface area contributed by atoms with Gasteiger partial charge in [-0.25, -0.2) is 4.79 Å². The maximum absolute atomic E-state index is 12.1.